The molecule has 3 heterocycles. The van der Waals surface area contributed by atoms with Crippen molar-refractivity contribution in [2.75, 3.05) is 45.9 Å². The van der Waals surface area contributed by atoms with E-state index >= 15 is 0 Å². The number of hydrogen-bond donors (Lipinski definition) is 0. The summed E-state index contributed by atoms with van der Waals surface area (Å²) in [6.07, 6.45) is 7.66. The molecule has 124 valence electrons. The van der Waals surface area contributed by atoms with Crippen LogP contribution in [0.15, 0.2) is 12.4 Å². The van der Waals surface area contributed by atoms with Gasteiger partial charge in [-0.25, -0.2) is 4.98 Å². The highest BCUT2D eigenvalue weighted by molar-refractivity contribution is 4.92. The lowest BCUT2D eigenvalue weighted by molar-refractivity contribution is -0.00147. The van der Waals surface area contributed by atoms with Gasteiger partial charge in [0.05, 0.1) is 13.2 Å². The molecule has 2 aliphatic rings. The fourth-order valence-corrected chi connectivity index (χ4v) is 3.84. The number of hydrogen-bond acceptors (Lipinski definition) is 4. The van der Waals surface area contributed by atoms with Gasteiger partial charge in [0.25, 0.3) is 0 Å². The van der Waals surface area contributed by atoms with Gasteiger partial charge >= 0.3 is 0 Å². The molecule has 0 aromatic carbocycles. The van der Waals surface area contributed by atoms with E-state index in [0.29, 0.717) is 6.04 Å². The third kappa shape index (κ3) is 3.89. The number of aryl methyl sites for hydroxylation is 1. The molecule has 0 saturated carbocycles. The summed E-state index contributed by atoms with van der Waals surface area (Å²) in [4.78, 5) is 9.65. The molecule has 0 radical (unpaired) electrons. The van der Waals surface area contributed by atoms with Crippen LogP contribution in [0.25, 0.3) is 0 Å². The predicted molar refractivity (Wildman–Crippen MR) is 87.9 cm³/mol. The minimum absolute atomic E-state index is 0.709. The van der Waals surface area contributed by atoms with Gasteiger partial charge in [0, 0.05) is 51.5 Å². The monoisotopic (exact) mass is 306 g/mol. The summed E-state index contributed by atoms with van der Waals surface area (Å²) in [5.74, 6) is 2.05. The minimum Gasteiger partial charge on any atom is -0.379 e. The summed E-state index contributed by atoms with van der Waals surface area (Å²) < 4.78 is 7.61. The van der Waals surface area contributed by atoms with Crippen molar-refractivity contribution in [3.8, 4) is 0 Å². The highest BCUT2D eigenvalue weighted by atomic mass is 16.5. The van der Waals surface area contributed by atoms with Crippen LogP contribution < -0.4 is 0 Å². The van der Waals surface area contributed by atoms with E-state index in [2.05, 4.69) is 33.3 Å². The second-order valence-electron chi connectivity index (χ2n) is 6.77. The quantitative estimate of drug-likeness (QED) is 0.823. The van der Waals surface area contributed by atoms with Gasteiger partial charge in [0.1, 0.15) is 5.82 Å². The van der Waals surface area contributed by atoms with Crippen LogP contribution in [0.5, 0.6) is 0 Å². The first kappa shape index (κ1) is 16.0. The van der Waals surface area contributed by atoms with E-state index in [4.69, 9.17) is 4.74 Å². The van der Waals surface area contributed by atoms with Gasteiger partial charge in [0.15, 0.2) is 0 Å². The first-order valence-electron chi connectivity index (χ1n) is 8.74. The summed E-state index contributed by atoms with van der Waals surface area (Å²) >= 11 is 0. The molecule has 0 amide bonds. The van der Waals surface area contributed by atoms with Gasteiger partial charge in [-0.15, -0.1) is 0 Å². The molecule has 2 saturated heterocycles. The molecule has 1 aromatic heterocycles. The molecule has 5 nitrogen and oxygen atoms in total. The van der Waals surface area contributed by atoms with Gasteiger partial charge in [-0.3, -0.25) is 4.90 Å². The highest BCUT2D eigenvalue weighted by Gasteiger charge is 2.28. The summed E-state index contributed by atoms with van der Waals surface area (Å²) in [5.41, 5.74) is 0. The normalized spacial score (nSPS) is 23.7. The molecular weight excluding hydrogens is 276 g/mol. The van der Waals surface area contributed by atoms with Crippen molar-refractivity contribution < 1.29 is 4.74 Å². The van der Waals surface area contributed by atoms with Crippen molar-refractivity contribution in [2.24, 2.45) is 13.0 Å². The molecule has 0 spiro atoms. The van der Waals surface area contributed by atoms with Gasteiger partial charge in [-0.05, 0) is 38.8 Å². The van der Waals surface area contributed by atoms with Gasteiger partial charge in [-0.2, -0.15) is 0 Å². The zero-order chi connectivity index (χ0) is 15.4. The number of aromatic nitrogens is 2. The Morgan fingerprint density at radius 2 is 1.95 bits per heavy atom. The van der Waals surface area contributed by atoms with Crippen molar-refractivity contribution in [3.63, 3.8) is 0 Å². The second kappa shape index (κ2) is 7.57. The zero-order valence-electron chi connectivity index (χ0n) is 14.1. The second-order valence-corrected chi connectivity index (χ2v) is 6.77. The van der Waals surface area contributed by atoms with Crippen molar-refractivity contribution >= 4 is 0 Å². The molecule has 0 aliphatic carbocycles. The average molecular weight is 306 g/mol. The minimum atomic E-state index is 0.709. The maximum Gasteiger partial charge on any atom is 0.109 e. The number of piperidine rings is 1. The van der Waals surface area contributed by atoms with Crippen LogP contribution in [-0.4, -0.2) is 71.3 Å². The Morgan fingerprint density at radius 3 is 2.59 bits per heavy atom. The van der Waals surface area contributed by atoms with Gasteiger partial charge < -0.3 is 14.2 Å². The lowest BCUT2D eigenvalue weighted by Crippen LogP contribution is -2.48. The van der Waals surface area contributed by atoms with E-state index < -0.39 is 0 Å². The lowest BCUT2D eigenvalue weighted by atomic mass is 9.89. The fourth-order valence-electron chi connectivity index (χ4n) is 3.84. The smallest absolute Gasteiger partial charge is 0.109 e. The van der Waals surface area contributed by atoms with E-state index in [1.54, 1.807) is 0 Å². The molecule has 1 aromatic rings. The third-order valence-corrected chi connectivity index (χ3v) is 5.51. The molecule has 1 atom stereocenters. The first-order chi connectivity index (χ1) is 10.7. The van der Waals surface area contributed by atoms with Crippen LogP contribution >= 0.6 is 0 Å². The van der Waals surface area contributed by atoms with Crippen molar-refractivity contribution in [3.05, 3.63) is 18.2 Å². The lowest BCUT2D eigenvalue weighted by Gasteiger charge is -2.41. The number of rotatable bonds is 5. The maximum absolute atomic E-state index is 5.47. The van der Waals surface area contributed by atoms with E-state index in [1.165, 1.54) is 31.8 Å². The number of imidazole rings is 1. The number of morpholine rings is 1. The van der Waals surface area contributed by atoms with Crippen LogP contribution in [-0.2, 0) is 18.2 Å². The first-order valence-corrected chi connectivity index (χ1v) is 8.74. The van der Waals surface area contributed by atoms with E-state index in [9.17, 15) is 0 Å². The molecule has 2 aliphatic heterocycles. The van der Waals surface area contributed by atoms with Crippen molar-refractivity contribution in [1.29, 1.82) is 0 Å². The number of likely N-dealkylation sites (tertiary alicyclic amines) is 1. The largest absolute Gasteiger partial charge is 0.379 e. The molecule has 3 rings (SSSR count). The zero-order valence-corrected chi connectivity index (χ0v) is 14.1. The molecule has 22 heavy (non-hydrogen) atoms. The Kier molecular flexibility index (Phi) is 5.50. The maximum atomic E-state index is 5.47. The van der Waals surface area contributed by atoms with Crippen LogP contribution in [0, 0.1) is 5.92 Å². The van der Waals surface area contributed by atoms with E-state index in [1.807, 2.05) is 12.4 Å². The summed E-state index contributed by atoms with van der Waals surface area (Å²) in [6, 6.07) is 0.709. The Balaban J connectivity index is 1.41. The summed E-state index contributed by atoms with van der Waals surface area (Å²) in [6.45, 7) is 10.1. The third-order valence-electron chi connectivity index (χ3n) is 5.51. The Labute approximate surface area is 134 Å². The number of nitrogens with zero attached hydrogens (tertiary/aromatic N) is 4. The molecule has 0 N–H and O–H groups in total. The predicted octanol–water partition coefficient (Wildman–Crippen LogP) is 1.40. The number of ether oxygens (including phenoxy) is 1. The Hall–Kier alpha value is -0.910. The molecular formula is C17H30N4O. The molecule has 2 fully saturated rings. The van der Waals surface area contributed by atoms with Gasteiger partial charge in [-0.1, -0.05) is 0 Å². The molecule has 0 bridgehead atoms. The Bertz CT molecular complexity index is 447. The van der Waals surface area contributed by atoms with E-state index in [0.717, 1.165) is 45.2 Å². The fraction of sp³-hybridized carbons (Fsp3) is 0.824. The van der Waals surface area contributed by atoms with Crippen LogP contribution in [0.4, 0.5) is 0 Å². The highest BCUT2D eigenvalue weighted by Crippen LogP contribution is 2.24. The van der Waals surface area contributed by atoms with Gasteiger partial charge in [0.2, 0.25) is 0 Å². The van der Waals surface area contributed by atoms with Crippen molar-refractivity contribution in [1.82, 2.24) is 19.4 Å². The SMILES string of the molecule is CC(C1CCN(CCc2nccn2C)CC1)N1CCOCC1. The molecule has 5 heteroatoms. The topological polar surface area (TPSA) is 33.5 Å². The van der Waals surface area contributed by atoms with Crippen LogP contribution in [0.2, 0.25) is 0 Å². The summed E-state index contributed by atoms with van der Waals surface area (Å²) in [7, 11) is 2.08. The standard InChI is InChI=1S/C17H30N4O/c1-15(21-11-13-22-14-12-21)16-3-7-20(8-4-16)9-5-17-18-6-10-19(17)2/h6,10,15-16H,3-5,7-9,11-14H2,1-2H3. The van der Waals surface area contributed by atoms with Crippen LogP contribution in [0.3, 0.4) is 0 Å². The Morgan fingerprint density at radius 1 is 1.23 bits per heavy atom. The van der Waals surface area contributed by atoms with Crippen molar-refractivity contribution in [2.45, 2.75) is 32.2 Å². The summed E-state index contributed by atoms with van der Waals surface area (Å²) in [5, 5.41) is 0. The average Bonchev–Trinajstić information content (AvgIpc) is 2.99. The van der Waals surface area contributed by atoms with E-state index in [-0.39, 0.29) is 0 Å². The van der Waals surface area contributed by atoms with Crippen LogP contribution in [0.1, 0.15) is 25.6 Å². The molecule has 1 unspecified atom stereocenters.